The predicted octanol–water partition coefficient (Wildman–Crippen LogP) is 6.22. The maximum Gasteiger partial charge on any atom is 0.416 e. The van der Waals surface area contributed by atoms with E-state index >= 15 is 0 Å². The van der Waals surface area contributed by atoms with Gasteiger partial charge in [-0.15, -0.1) is 0 Å². The van der Waals surface area contributed by atoms with Crippen LogP contribution < -0.4 is 9.47 Å². The zero-order valence-corrected chi connectivity index (χ0v) is 27.3. The Morgan fingerprint density at radius 2 is 1.81 bits per heavy atom. The Balaban J connectivity index is 1.24. The smallest absolute Gasteiger partial charge is 0.416 e. The molecule has 2 unspecified atom stereocenters. The summed E-state index contributed by atoms with van der Waals surface area (Å²) < 4.78 is 58.4. The quantitative estimate of drug-likeness (QED) is 0.211. The van der Waals surface area contributed by atoms with Crippen molar-refractivity contribution >= 4 is 18.0 Å². The number of ether oxygens (including phenoxy) is 3. The third-order valence-corrected chi connectivity index (χ3v) is 11.1. The minimum Gasteiger partial charge on any atom is -0.493 e. The molecule has 7 rings (SSSR count). The lowest BCUT2D eigenvalue weighted by Gasteiger charge is -2.65. The molecule has 0 N–H and O–H groups in total. The van der Waals surface area contributed by atoms with Gasteiger partial charge in [-0.05, 0) is 79.6 Å². The second kappa shape index (κ2) is 12.0. The molecular weight excluding hydrogens is 621 g/mol. The highest BCUT2D eigenvalue weighted by atomic mass is 19.4. The van der Waals surface area contributed by atoms with E-state index in [0.717, 1.165) is 42.8 Å². The third kappa shape index (κ3) is 5.07. The molecular formula is C38H39F3N2O5. The lowest BCUT2D eigenvalue weighted by atomic mass is 9.48. The van der Waals surface area contributed by atoms with Crippen LogP contribution in [0.1, 0.15) is 54.0 Å². The topological polar surface area (TPSA) is 68.3 Å². The van der Waals surface area contributed by atoms with Gasteiger partial charge in [0.2, 0.25) is 5.91 Å². The van der Waals surface area contributed by atoms with Crippen LogP contribution in [0, 0.1) is 0 Å². The monoisotopic (exact) mass is 660 g/mol. The fraction of sp³-hybridized carbons (Fsp3) is 0.421. The number of alkyl halides is 3. The second-order valence-electron chi connectivity index (χ2n) is 13.4. The van der Waals surface area contributed by atoms with Crippen molar-refractivity contribution in [3.8, 4) is 11.5 Å². The Morgan fingerprint density at radius 1 is 1.06 bits per heavy atom. The SMILES string of the molecule is COc1ccc2c3c1OC1C(N(C)C(=O)/C=C/c4ccc(C(F)(F)F)cc4)CC[C@@]4(OC(C)=O)[C@@H](C2)N(CCc2ccccc2)CC[C@]314. The molecule has 1 saturated carbocycles. The summed E-state index contributed by atoms with van der Waals surface area (Å²) in [6.07, 6.45) is 1.27. The highest BCUT2D eigenvalue weighted by molar-refractivity contribution is 5.92. The number of rotatable bonds is 8. The molecule has 1 amide bonds. The van der Waals surface area contributed by atoms with E-state index in [1.165, 1.54) is 36.8 Å². The van der Waals surface area contributed by atoms with Crippen molar-refractivity contribution in [1.29, 1.82) is 0 Å². The summed E-state index contributed by atoms with van der Waals surface area (Å²) >= 11 is 0. The number of carbonyl (C=O) groups excluding carboxylic acids is 2. The van der Waals surface area contributed by atoms with Crippen molar-refractivity contribution in [2.24, 2.45) is 0 Å². The number of nitrogens with zero attached hydrogens (tertiary/aromatic N) is 2. The van der Waals surface area contributed by atoms with Crippen molar-refractivity contribution in [1.82, 2.24) is 9.80 Å². The second-order valence-corrected chi connectivity index (χ2v) is 13.4. The summed E-state index contributed by atoms with van der Waals surface area (Å²) in [5.74, 6) is 0.621. The summed E-state index contributed by atoms with van der Waals surface area (Å²) in [6.45, 7) is 3.05. The van der Waals surface area contributed by atoms with Crippen LogP contribution in [0.5, 0.6) is 11.5 Å². The lowest BCUT2D eigenvalue weighted by Crippen LogP contribution is -2.79. The number of piperidine rings is 1. The Kier molecular flexibility index (Phi) is 8.05. The van der Waals surface area contributed by atoms with Crippen LogP contribution in [0.4, 0.5) is 13.2 Å². The van der Waals surface area contributed by atoms with E-state index in [0.29, 0.717) is 42.7 Å². The minimum absolute atomic E-state index is 0.0849. The van der Waals surface area contributed by atoms with Gasteiger partial charge in [0.1, 0.15) is 11.7 Å². The maximum atomic E-state index is 13.7. The highest BCUT2D eigenvalue weighted by Gasteiger charge is 2.75. The van der Waals surface area contributed by atoms with E-state index in [2.05, 4.69) is 23.1 Å². The minimum atomic E-state index is -4.43. The summed E-state index contributed by atoms with van der Waals surface area (Å²) in [5, 5.41) is 0. The van der Waals surface area contributed by atoms with Crippen LogP contribution in [0.3, 0.4) is 0 Å². The van der Waals surface area contributed by atoms with Crippen LogP contribution in [0.25, 0.3) is 6.08 Å². The molecule has 4 aliphatic rings. The Hall–Kier alpha value is -4.31. The molecule has 3 aromatic rings. The molecule has 252 valence electrons. The molecule has 2 aliphatic heterocycles. The van der Waals surface area contributed by atoms with Gasteiger partial charge in [0.05, 0.1) is 30.2 Å². The summed E-state index contributed by atoms with van der Waals surface area (Å²) in [5.41, 5.74) is 1.57. The molecule has 5 atom stereocenters. The van der Waals surface area contributed by atoms with Crippen molar-refractivity contribution < 1.29 is 37.0 Å². The number of likely N-dealkylation sites (N-methyl/N-ethyl adjacent to an activating group) is 1. The zero-order chi connectivity index (χ0) is 33.8. The largest absolute Gasteiger partial charge is 0.493 e. The van der Waals surface area contributed by atoms with Gasteiger partial charge in [-0.1, -0.05) is 48.5 Å². The third-order valence-electron chi connectivity index (χ3n) is 11.1. The number of halogens is 3. The number of amides is 1. The van der Waals surface area contributed by atoms with Crippen molar-refractivity contribution in [2.75, 3.05) is 27.2 Å². The summed E-state index contributed by atoms with van der Waals surface area (Å²) in [4.78, 5) is 30.8. The number of hydrogen-bond acceptors (Lipinski definition) is 6. The number of benzene rings is 3. The summed E-state index contributed by atoms with van der Waals surface area (Å²) in [7, 11) is 3.34. The molecule has 48 heavy (non-hydrogen) atoms. The number of esters is 1. The van der Waals surface area contributed by atoms with Crippen molar-refractivity contribution in [3.05, 3.63) is 101 Å². The van der Waals surface area contributed by atoms with Gasteiger partial charge in [-0.2, -0.15) is 13.2 Å². The Bertz CT molecular complexity index is 1740. The average molecular weight is 661 g/mol. The molecule has 1 spiro atoms. The van der Waals surface area contributed by atoms with Crippen LogP contribution in [-0.4, -0.2) is 72.7 Å². The fourth-order valence-electron chi connectivity index (χ4n) is 9.00. The van der Waals surface area contributed by atoms with E-state index < -0.39 is 28.9 Å². The first-order valence-electron chi connectivity index (χ1n) is 16.5. The average Bonchev–Trinajstić information content (AvgIpc) is 3.42. The number of carbonyl (C=O) groups is 2. The van der Waals surface area contributed by atoms with Crippen LogP contribution in [0.15, 0.2) is 72.8 Å². The molecule has 10 heteroatoms. The first-order chi connectivity index (χ1) is 23.0. The normalized spacial score (nSPS) is 27.2. The maximum absolute atomic E-state index is 13.7. The molecule has 2 aliphatic carbocycles. The van der Waals surface area contributed by atoms with E-state index in [1.54, 1.807) is 19.1 Å². The van der Waals surface area contributed by atoms with Gasteiger partial charge >= 0.3 is 12.1 Å². The highest BCUT2D eigenvalue weighted by Crippen LogP contribution is 2.67. The van der Waals surface area contributed by atoms with Gasteiger partial charge in [0, 0.05) is 32.2 Å². The fourth-order valence-corrected chi connectivity index (χ4v) is 9.00. The molecule has 7 nitrogen and oxygen atoms in total. The standard InChI is InChI=1S/C38H39F3N2O5/c1-24(44)48-37-19-17-29(42(2)32(45)16-11-26-9-13-28(14-10-26)38(39,40)41)35-36(37)20-22-43(21-18-25-7-5-4-6-8-25)31(37)23-27-12-15-30(46-3)34(47-35)33(27)36/h4-16,29,31,35H,17-23H2,1-3H3/b16-11+/t29?,31-,35?,36+,37-/m1/s1. The molecule has 2 bridgehead atoms. The van der Waals surface area contributed by atoms with E-state index in [4.69, 9.17) is 14.2 Å². The van der Waals surface area contributed by atoms with Crippen LogP contribution in [0.2, 0.25) is 0 Å². The van der Waals surface area contributed by atoms with E-state index in [-0.39, 0.29) is 24.0 Å². The van der Waals surface area contributed by atoms with Gasteiger partial charge < -0.3 is 19.1 Å². The van der Waals surface area contributed by atoms with Crippen LogP contribution >= 0.6 is 0 Å². The first kappa shape index (κ1) is 32.2. The molecule has 0 radical (unpaired) electrons. The molecule has 3 aromatic carbocycles. The Labute approximate surface area is 278 Å². The van der Waals surface area contributed by atoms with Gasteiger partial charge in [0.25, 0.3) is 0 Å². The van der Waals surface area contributed by atoms with Gasteiger partial charge in [0.15, 0.2) is 11.5 Å². The van der Waals surface area contributed by atoms with E-state index in [9.17, 15) is 22.8 Å². The molecule has 0 aromatic heterocycles. The molecule has 2 heterocycles. The number of hydrogen-bond donors (Lipinski definition) is 0. The van der Waals surface area contributed by atoms with Gasteiger partial charge in [-0.3, -0.25) is 14.5 Å². The van der Waals surface area contributed by atoms with Gasteiger partial charge in [-0.25, -0.2) is 0 Å². The molecule has 2 fully saturated rings. The summed E-state index contributed by atoms with van der Waals surface area (Å²) in [6, 6.07) is 18.6. The van der Waals surface area contributed by atoms with E-state index in [1.807, 2.05) is 24.3 Å². The van der Waals surface area contributed by atoms with Crippen LogP contribution in [-0.2, 0) is 38.8 Å². The Morgan fingerprint density at radius 3 is 2.50 bits per heavy atom. The molecule has 1 saturated heterocycles. The van der Waals surface area contributed by atoms with Crippen molar-refractivity contribution in [3.63, 3.8) is 0 Å². The number of methoxy groups -OCH3 is 1. The lowest BCUT2D eigenvalue weighted by molar-refractivity contribution is -0.223. The predicted molar refractivity (Wildman–Crippen MR) is 174 cm³/mol. The zero-order valence-electron chi connectivity index (χ0n) is 27.3. The first-order valence-corrected chi connectivity index (χ1v) is 16.5. The number of likely N-dealkylation sites (tertiary alicyclic amines) is 1. The van der Waals surface area contributed by atoms with Crippen molar-refractivity contribution in [2.45, 2.75) is 74.4 Å².